The van der Waals surface area contributed by atoms with Crippen LogP contribution in [0.4, 0.5) is 15.8 Å². The number of piperidine rings is 1. The summed E-state index contributed by atoms with van der Waals surface area (Å²) >= 11 is 0. The molecule has 2 aromatic carbocycles. The molecule has 3 aliphatic rings. The molecule has 0 bridgehead atoms. The molecule has 2 aliphatic heterocycles. The van der Waals surface area contributed by atoms with Crippen molar-refractivity contribution in [1.29, 1.82) is 0 Å². The molecule has 0 unspecified atom stereocenters. The number of nitrogen functional groups attached to an aromatic ring is 1. The van der Waals surface area contributed by atoms with Gasteiger partial charge in [-0.1, -0.05) is 0 Å². The van der Waals surface area contributed by atoms with Crippen LogP contribution in [0.1, 0.15) is 52.4 Å². The van der Waals surface area contributed by atoms with E-state index in [1.54, 1.807) is 4.57 Å². The van der Waals surface area contributed by atoms with Crippen LogP contribution in [0.3, 0.4) is 0 Å². The van der Waals surface area contributed by atoms with Crippen molar-refractivity contribution in [2.24, 2.45) is 5.92 Å². The van der Waals surface area contributed by atoms with Gasteiger partial charge in [0.2, 0.25) is 5.43 Å². The number of carbonyl (C=O) groups is 2. The summed E-state index contributed by atoms with van der Waals surface area (Å²) in [5, 5.41) is 30.5. The molecule has 0 radical (unpaired) electrons. The first-order valence-corrected chi connectivity index (χ1v) is 13.1. The molecule has 12 heteroatoms. The lowest BCUT2D eigenvalue weighted by atomic mass is 9.94. The molecule has 212 valence electrons. The van der Waals surface area contributed by atoms with E-state index in [2.05, 4.69) is 5.32 Å². The summed E-state index contributed by atoms with van der Waals surface area (Å²) in [5.41, 5.74) is 5.32. The number of methoxy groups -OCH3 is 1. The number of fused-ring (bicyclic) bond motifs is 2. The van der Waals surface area contributed by atoms with Crippen LogP contribution in [0, 0.1) is 11.7 Å². The van der Waals surface area contributed by atoms with Gasteiger partial charge in [-0.15, -0.1) is 0 Å². The third-order valence-electron chi connectivity index (χ3n) is 7.74. The van der Waals surface area contributed by atoms with Crippen LogP contribution >= 0.6 is 0 Å². The number of carboxylic acid groups (broad SMARTS) is 2. The van der Waals surface area contributed by atoms with Crippen molar-refractivity contribution < 1.29 is 34.0 Å². The first-order chi connectivity index (χ1) is 19.1. The molecule has 0 spiro atoms. The second-order valence-electron chi connectivity index (χ2n) is 10.4. The zero-order valence-corrected chi connectivity index (χ0v) is 21.9. The monoisotopic (exact) mass is 554 g/mol. The fraction of sp³-hybridized carbons (Fsp3) is 0.393. The van der Waals surface area contributed by atoms with E-state index in [-0.39, 0.29) is 28.3 Å². The van der Waals surface area contributed by atoms with E-state index in [1.165, 1.54) is 37.6 Å². The number of nitrogens with two attached hydrogens (primary N) is 1. The molecule has 11 nitrogen and oxygen atoms in total. The standard InChI is InChI=1S/C21H24FN3O4.C7H7NO3/c1-29-20-17-13(19(26)14(21(27)28)9-25(17)12-4-5-12)7-15(22)18(20)24-8-11-3-2-6-23-16(11)10-24;8-4-1-2-5(7(10)11)6(9)3-4/h7,9,11-12,16,23H,2-6,8,10H2,1H3,(H,27,28);1-3,9H,8H2,(H,10,11)/t11-,16+;/m0./s1. The number of ether oxygens (including phenoxy) is 1. The van der Waals surface area contributed by atoms with E-state index in [4.69, 9.17) is 20.7 Å². The maximum absolute atomic E-state index is 15.3. The summed E-state index contributed by atoms with van der Waals surface area (Å²) in [6, 6.07) is 5.49. The number of nitrogens with zero attached hydrogens (tertiary/aromatic N) is 2. The van der Waals surface area contributed by atoms with Crippen LogP contribution in [0.25, 0.3) is 10.9 Å². The van der Waals surface area contributed by atoms with Crippen LogP contribution in [0.5, 0.6) is 11.5 Å². The van der Waals surface area contributed by atoms with Crippen LogP contribution in [0.15, 0.2) is 35.3 Å². The van der Waals surface area contributed by atoms with E-state index in [9.17, 15) is 19.5 Å². The number of aromatic carboxylic acids is 2. The molecule has 3 fully saturated rings. The molecule has 0 amide bonds. The molecule has 3 heterocycles. The molecule has 1 aliphatic carbocycles. The molecular weight excluding hydrogens is 523 g/mol. The smallest absolute Gasteiger partial charge is 0.341 e. The number of rotatable bonds is 5. The lowest BCUT2D eigenvalue weighted by Gasteiger charge is -2.25. The van der Waals surface area contributed by atoms with Gasteiger partial charge >= 0.3 is 11.9 Å². The highest BCUT2D eigenvalue weighted by molar-refractivity contribution is 5.97. The lowest BCUT2D eigenvalue weighted by molar-refractivity contribution is 0.0683. The van der Waals surface area contributed by atoms with Gasteiger partial charge in [-0.3, -0.25) is 4.79 Å². The van der Waals surface area contributed by atoms with Crippen molar-refractivity contribution in [3.63, 3.8) is 0 Å². The Kier molecular flexibility index (Phi) is 7.28. The number of hydrogen-bond donors (Lipinski definition) is 5. The highest BCUT2D eigenvalue weighted by Crippen LogP contribution is 2.45. The second-order valence-corrected chi connectivity index (χ2v) is 10.4. The fourth-order valence-corrected chi connectivity index (χ4v) is 5.68. The number of anilines is 2. The van der Waals surface area contributed by atoms with Gasteiger partial charge in [0.25, 0.3) is 0 Å². The number of phenols is 1. The van der Waals surface area contributed by atoms with Gasteiger partial charge in [0, 0.05) is 43.1 Å². The average molecular weight is 555 g/mol. The fourth-order valence-electron chi connectivity index (χ4n) is 5.68. The van der Waals surface area contributed by atoms with Gasteiger partial charge in [-0.05, 0) is 56.3 Å². The van der Waals surface area contributed by atoms with E-state index in [1.807, 2.05) is 4.90 Å². The van der Waals surface area contributed by atoms with Gasteiger partial charge in [-0.2, -0.15) is 0 Å². The van der Waals surface area contributed by atoms with Gasteiger partial charge in [0.05, 0.1) is 18.0 Å². The third-order valence-corrected chi connectivity index (χ3v) is 7.74. The highest BCUT2D eigenvalue weighted by Gasteiger charge is 2.38. The normalized spacial score (nSPS) is 20.0. The van der Waals surface area contributed by atoms with Crippen LogP contribution in [-0.2, 0) is 0 Å². The number of carboxylic acids is 2. The van der Waals surface area contributed by atoms with Crippen LogP contribution < -0.4 is 26.1 Å². The Morgan fingerprint density at radius 1 is 1.10 bits per heavy atom. The number of aromatic nitrogens is 1. The number of pyridine rings is 1. The maximum atomic E-state index is 15.3. The van der Waals surface area contributed by atoms with Gasteiger partial charge in [-0.25, -0.2) is 14.0 Å². The van der Waals surface area contributed by atoms with E-state index < -0.39 is 23.2 Å². The minimum Gasteiger partial charge on any atom is -0.507 e. The predicted octanol–water partition coefficient (Wildman–Crippen LogP) is 3.04. The topological polar surface area (TPSA) is 167 Å². The summed E-state index contributed by atoms with van der Waals surface area (Å²) in [7, 11) is 1.48. The first-order valence-electron chi connectivity index (χ1n) is 13.1. The number of benzene rings is 2. The third kappa shape index (κ3) is 5.02. The molecule has 40 heavy (non-hydrogen) atoms. The summed E-state index contributed by atoms with van der Waals surface area (Å²) in [6.45, 7) is 2.40. The van der Waals surface area contributed by atoms with Crippen molar-refractivity contribution in [1.82, 2.24) is 9.88 Å². The average Bonchev–Trinajstić information content (AvgIpc) is 3.66. The summed E-state index contributed by atoms with van der Waals surface area (Å²) in [6.07, 6.45) is 5.40. The van der Waals surface area contributed by atoms with Crippen molar-refractivity contribution >= 4 is 34.2 Å². The van der Waals surface area contributed by atoms with Gasteiger partial charge in [0.1, 0.15) is 22.6 Å². The molecule has 6 N–H and O–H groups in total. The number of nitrogens with one attached hydrogen (secondary N) is 1. The predicted molar refractivity (Wildman–Crippen MR) is 146 cm³/mol. The first kappa shape index (κ1) is 27.3. The number of aromatic hydroxyl groups is 1. The molecular formula is C28H31FN4O7. The molecule has 2 saturated heterocycles. The van der Waals surface area contributed by atoms with Crippen molar-refractivity contribution in [3.8, 4) is 11.5 Å². The van der Waals surface area contributed by atoms with E-state index >= 15 is 4.39 Å². The molecule has 6 rings (SSSR count). The summed E-state index contributed by atoms with van der Waals surface area (Å²) in [5.74, 6) is -2.54. The largest absolute Gasteiger partial charge is 0.507 e. The zero-order valence-electron chi connectivity index (χ0n) is 21.9. The molecule has 2 atom stereocenters. The Morgan fingerprint density at radius 2 is 1.82 bits per heavy atom. The van der Waals surface area contributed by atoms with E-state index in [0.29, 0.717) is 41.1 Å². The van der Waals surface area contributed by atoms with Crippen molar-refractivity contribution in [2.75, 3.05) is 37.4 Å². The second kappa shape index (κ2) is 10.7. The summed E-state index contributed by atoms with van der Waals surface area (Å²) < 4.78 is 22.8. The maximum Gasteiger partial charge on any atom is 0.341 e. The van der Waals surface area contributed by atoms with Crippen LogP contribution in [0.2, 0.25) is 0 Å². The Bertz CT molecular complexity index is 1540. The minimum absolute atomic E-state index is 0.0599. The van der Waals surface area contributed by atoms with Crippen molar-refractivity contribution in [3.05, 3.63) is 57.6 Å². The molecule has 1 aromatic heterocycles. The van der Waals surface area contributed by atoms with Gasteiger partial charge in [0.15, 0.2) is 11.6 Å². The Balaban J connectivity index is 0.000000248. The quantitative estimate of drug-likeness (QED) is 0.296. The SMILES string of the molecule is COc1c(N2C[C@@H]3CCCN[C@@H]3C2)c(F)cc2c(=O)c(C(=O)O)cn(C3CC3)c12.Nc1ccc(C(=O)O)c(O)c1. The Hall–Kier alpha value is -4.32. The number of halogens is 1. The van der Waals surface area contributed by atoms with Crippen LogP contribution in [-0.4, -0.2) is 64.6 Å². The summed E-state index contributed by atoms with van der Waals surface area (Å²) in [4.78, 5) is 36.7. The number of hydrogen-bond acceptors (Lipinski definition) is 8. The Labute approximate surface area is 228 Å². The zero-order chi connectivity index (χ0) is 28.7. The minimum atomic E-state index is -1.30. The molecule has 3 aromatic rings. The highest BCUT2D eigenvalue weighted by atomic mass is 19.1. The van der Waals surface area contributed by atoms with Crippen molar-refractivity contribution in [2.45, 2.75) is 37.8 Å². The lowest BCUT2D eigenvalue weighted by Crippen LogP contribution is -2.40. The van der Waals surface area contributed by atoms with Gasteiger partial charge < -0.3 is 40.6 Å². The molecule has 1 saturated carbocycles. The van der Waals surface area contributed by atoms with E-state index in [0.717, 1.165) is 38.8 Å². The Morgan fingerprint density at radius 3 is 2.42 bits per heavy atom.